The van der Waals surface area contributed by atoms with E-state index < -0.39 is 17.9 Å². The smallest absolute Gasteiger partial charge is 0.328 e. The number of amides is 1. The molecule has 0 saturated heterocycles. The summed E-state index contributed by atoms with van der Waals surface area (Å²) in [4.78, 5) is 28.7. The Hall–Kier alpha value is -2.73. The van der Waals surface area contributed by atoms with E-state index in [9.17, 15) is 14.7 Å². The molecule has 1 aromatic heterocycles. The number of nitrogens with zero attached hydrogens (tertiary/aromatic N) is 1. The average Bonchev–Trinajstić information content (AvgIpc) is 3.45. The molecular weight excluding hydrogens is 320 g/mol. The van der Waals surface area contributed by atoms with Gasteiger partial charge in [0.15, 0.2) is 6.04 Å². The van der Waals surface area contributed by atoms with Crippen LogP contribution in [0.3, 0.4) is 0 Å². The van der Waals surface area contributed by atoms with Gasteiger partial charge >= 0.3 is 5.97 Å². The van der Waals surface area contributed by atoms with E-state index in [2.05, 4.69) is 16.9 Å². The van der Waals surface area contributed by atoms with Crippen LogP contribution >= 0.6 is 0 Å². The predicted octanol–water partition coefficient (Wildman–Crippen LogP) is 2.50. The van der Waals surface area contributed by atoms with Crippen molar-refractivity contribution in [2.24, 2.45) is 0 Å². The van der Waals surface area contributed by atoms with Gasteiger partial charge in [-0.2, -0.15) is 0 Å². The van der Waals surface area contributed by atoms with E-state index in [1.54, 1.807) is 6.07 Å². The summed E-state index contributed by atoms with van der Waals surface area (Å²) >= 11 is 0. The fraction of sp³-hybridized carbons (Fsp3) is 0.316. The van der Waals surface area contributed by atoms with E-state index in [1.807, 2.05) is 24.3 Å². The third-order valence-electron chi connectivity index (χ3n) is 4.10. The Bertz CT molecular complexity index is 814. The fourth-order valence-corrected chi connectivity index (χ4v) is 2.65. The second kappa shape index (κ2) is 7.44. The summed E-state index contributed by atoms with van der Waals surface area (Å²) in [6.07, 6.45) is 3.66. The number of aliphatic carboxylic acids is 1. The lowest BCUT2D eigenvalue weighted by Crippen LogP contribution is -2.44. The van der Waals surface area contributed by atoms with Gasteiger partial charge < -0.3 is 15.2 Å². The van der Waals surface area contributed by atoms with Crippen molar-refractivity contribution in [1.82, 2.24) is 10.3 Å². The van der Waals surface area contributed by atoms with E-state index in [-0.39, 0.29) is 13.2 Å². The lowest BCUT2D eigenvalue weighted by atomic mass is 10.0. The Labute approximate surface area is 145 Å². The van der Waals surface area contributed by atoms with Gasteiger partial charge in [0.05, 0.1) is 24.3 Å². The van der Waals surface area contributed by atoms with Crippen molar-refractivity contribution in [3.05, 3.63) is 54.2 Å². The highest BCUT2D eigenvalue weighted by molar-refractivity contribution is 6.07. The van der Waals surface area contributed by atoms with Crippen LogP contribution in [0.15, 0.2) is 43.0 Å². The maximum Gasteiger partial charge on any atom is 0.328 e. The van der Waals surface area contributed by atoms with E-state index >= 15 is 0 Å². The number of pyridine rings is 1. The Morgan fingerprint density at radius 2 is 2.16 bits per heavy atom. The Balaban J connectivity index is 1.87. The maximum atomic E-state index is 12.7. The van der Waals surface area contributed by atoms with Crippen molar-refractivity contribution >= 4 is 22.8 Å². The second-order valence-corrected chi connectivity index (χ2v) is 6.08. The number of aromatic nitrogens is 1. The molecule has 2 aromatic rings. The summed E-state index contributed by atoms with van der Waals surface area (Å²) in [5.41, 5.74) is 2.08. The summed E-state index contributed by atoms with van der Waals surface area (Å²) in [6, 6.07) is 8.04. The Morgan fingerprint density at radius 1 is 1.40 bits per heavy atom. The molecule has 0 bridgehead atoms. The zero-order valence-electron chi connectivity index (χ0n) is 13.8. The van der Waals surface area contributed by atoms with Gasteiger partial charge in [-0.25, -0.2) is 4.79 Å². The fourth-order valence-electron chi connectivity index (χ4n) is 2.65. The summed E-state index contributed by atoms with van der Waals surface area (Å²) in [7, 11) is 0. The van der Waals surface area contributed by atoms with E-state index in [4.69, 9.17) is 4.74 Å². The number of carbonyl (C=O) groups excluding carboxylic acids is 1. The summed E-state index contributed by atoms with van der Waals surface area (Å²) < 4.78 is 5.18. The number of nitrogens with one attached hydrogen (secondary N) is 1. The monoisotopic (exact) mass is 340 g/mol. The van der Waals surface area contributed by atoms with Gasteiger partial charge in [-0.3, -0.25) is 9.78 Å². The number of para-hydroxylation sites is 1. The van der Waals surface area contributed by atoms with Crippen LogP contribution in [0.5, 0.6) is 0 Å². The van der Waals surface area contributed by atoms with Gasteiger partial charge in [-0.1, -0.05) is 24.3 Å². The van der Waals surface area contributed by atoms with Crippen molar-refractivity contribution in [2.75, 3.05) is 13.2 Å². The highest BCUT2D eigenvalue weighted by Gasteiger charge is 2.28. The number of hydrogen-bond donors (Lipinski definition) is 2. The summed E-state index contributed by atoms with van der Waals surface area (Å²) in [5, 5.41) is 12.6. The van der Waals surface area contributed by atoms with E-state index in [1.165, 1.54) is 6.08 Å². The number of carbonyl (C=O) groups is 2. The van der Waals surface area contributed by atoms with Crippen LogP contribution in [0.25, 0.3) is 10.9 Å². The van der Waals surface area contributed by atoms with Gasteiger partial charge in [0.2, 0.25) is 0 Å². The molecule has 6 nitrogen and oxygen atoms in total. The molecule has 0 spiro atoms. The van der Waals surface area contributed by atoms with Gasteiger partial charge in [0.25, 0.3) is 5.91 Å². The van der Waals surface area contributed by atoms with Crippen LogP contribution in [0.4, 0.5) is 0 Å². The molecule has 3 rings (SSSR count). The molecule has 0 radical (unpaired) electrons. The lowest BCUT2D eigenvalue weighted by Gasteiger charge is -2.16. The maximum absolute atomic E-state index is 12.7. The number of rotatable bonds is 8. The summed E-state index contributed by atoms with van der Waals surface area (Å²) in [5.74, 6) is -1.18. The first kappa shape index (κ1) is 17.1. The van der Waals surface area contributed by atoms with Crippen LogP contribution in [-0.2, 0) is 9.53 Å². The first-order valence-corrected chi connectivity index (χ1v) is 8.22. The molecule has 1 atom stereocenters. The SMILES string of the molecule is C=CCOCC(NC(=O)c1cc(C2CC2)nc2ccccc12)C(=O)O. The first-order valence-electron chi connectivity index (χ1n) is 8.22. The molecule has 6 heteroatoms. The number of fused-ring (bicyclic) bond motifs is 1. The molecular formula is C19H20N2O4. The number of benzene rings is 1. The number of hydrogen-bond acceptors (Lipinski definition) is 4. The minimum absolute atomic E-state index is 0.119. The summed E-state index contributed by atoms with van der Waals surface area (Å²) in [6.45, 7) is 3.62. The quantitative estimate of drug-likeness (QED) is 0.569. The molecule has 25 heavy (non-hydrogen) atoms. The molecule has 1 aliphatic rings. The molecule has 1 unspecified atom stereocenters. The lowest BCUT2D eigenvalue weighted by molar-refractivity contribution is -0.140. The number of carboxylic acids is 1. The Morgan fingerprint density at radius 3 is 2.84 bits per heavy atom. The standard InChI is InChI=1S/C19H20N2O4/c1-2-9-25-11-17(19(23)24)21-18(22)14-10-16(12-7-8-12)20-15-6-4-3-5-13(14)15/h2-6,10,12,17H,1,7-9,11H2,(H,21,22)(H,23,24). The number of carboxylic acid groups (broad SMARTS) is 1. The normalized spacial score (nSPS) is 14.9. The topological polar surface area (TPSA) is 88.5 Å². The molecule has 1 saturated carbocycles. The highest BCUT2D eigenvalue weighted by Crippen LogP contribution is 2.40. The molecule has 1 heterocycles. The van der Waals surface area contributed by atoms with Crippen molar-refractivity contribution < 1.29 is 19.4 Å². The molecule has 1 amide bonds. The predicted molar refractivity (Wildman–Crippen MR) is 93.6 cm³/mol. The first-order chi connectivity index (χ1) is 12.1. The molecule has 1 aromatic carbocycles. The van der Waals surface area contributed by atoms with Crippen molar-refractivity contribution in [2.45, 2.75) is 24.8 Å². The van der Waals surface area contributed by atoms with Crippen LogP contribution in [0.2, 0.25) is 0 Å². The van der Waals surface area contributed by atoms with Crippen LogP contribution < -0.4 is 5.32 Å². The third kappa shape index (κ3) is 4.03. The van der Waals surface area contributed by atoms with E-state index in [0.717, 1.165) is 24.1 Å². The van der Waals surface area contributed by atoms with Crippen molar-refractivity contribution in [3.8, 4) is 0 Å². The van der Waals surface area contributed by atoms with Crippen molar-refractivity contribution in [3.63, 3.8) is 0 Å². The van der Waals surface area contributed by atoms with Crippen molar-refractivity contribution in [1.29, 1.82) is 0 Å². The van der Waals surface area contributed by atoms with Gasteiger partial charge in [-0.15, -0.1) is 6.58 Å². The van der Waals surface area contributed by atoms with Gasteiger partial charge in [0, 0.05) is 17.0 Å². The Kier molecular flexibility index (Phi) is 5.09. The van der Waals surface area contributed by atoms with Crippen LogP contribution in [0, 0.1) is 0 Å². The zero-order chi connectivity index (χ0) is 17.8. The molecule has 1 aliphatic carbocycles. The largest absolute Gasteiger partial charge is 0.480 e. The molecule has 2 N–H and O–H groups in total. The molecule has 1 fully saturated rings. The van der Waals surface area contributed by atoms with Crippen LogP contribution in [0.1, 0.15) is 34.8 Å². The minimum atomic E-state index is -1.14. The van der Waals surface area contributed by atoms with E-state index in [0.29, 0.717) is 16.9 Å². The highest BCUT2D eigenvalue weighted by atomic mass is 16.5. The second-order valence-electron chi connectivity index (χ2n) is 6.08. The van der Waals surface area contributed by atoms with Crippen LogP contribution in [-0.4, -0.2) is 41.2 Å². The van der Waals surface area contributed by atoms with Gasteiger partial charge in [0.1, 0.15) is 0 Å². The van der Waals surface area contributed by atoms with Gasteiger partial charge in [-0.05, 0) is 25.0 Å². The molecule has 130 valence electrons. The molecule has 0 aliphatic heterocycles. The minimum Gasteiger partial charge on any atom is -0.480 e. The zero-order valence-corrected chi connectivity index (χ0v) is 13.8. The number of ether oxygens (including phenoxy) is 1. The average molecular weight is 340 g/mol. The third-order valence-corrected chi connectivity index (χ3v) is 4.10.